The van der Waals surface area contributed by atoms with Crippen molar-refractivity contribution in [2.75, 3.05) is 6.61 Å². The van der Waals surface area contributed by atoms with E-state index in [0.29, 0.717) is 6.42 Å². The fourth-order valence-corrected chi connectivity index (χ4v) is 2.44. The molecule has 1 unspecified atom stereocenters. The molecule has 0 aromatic heterocycles. The van der Waals surface area contributed by atoms with Gasteiger partial charge in [-0.1, -0.05) is 34.1 Å². The smallest absolute Gasteiger partial charge is 0.129 e. The summed E-state index contributed by atoms with van der Waals surface area (Å²) in [6, 6.07) is 11.5. The van der Waals surface area contributed by atoms with E-state index in [1.165, 1.54) is 18.2 Å². The molecule has 20 heavy (non-hydrogen) atoms. The lowest BCUT2D eigenvalue weighted by molar-refractivity contribution is 0.223. The summed E-state index contributed by atoms with van der Waals surface area (Å²) >= 11 is 3.35. The molecule has 4 heteroatoms. The van der Waals surface area contributed by atoms with E-state index < -0.39 is 11.6 Å². The molecule has 0 bridgehead atoms. The minimum atomic E-state index is -0.556. The second-order valence-corrected chi connectivity index (χ2v) is 5.70. The summed E-state index contributed by atoms with van der Waals surface area (Å²) in [4.78, 5) is 0. The van der Waals surface area contributed by atoms with Crippen LogP contribution < -0.4 is 0 Å². The van der Waals surface area contributed by atoms with Crippen molar-refractivity contribution in [3.63, 3.8) is 0 Å². The van der Waals surface area contributed by atoms with Crippen molar-refractivity contribution in [2.45, 2.75) is 12.8 Å². The molecule has 0 amide bonds. The Morgan fingerprint density at radius 1 is 0.950 bits per heavy atom. The molecule has 1 nitrogen and oxygen atoms in total. The van der Waals surface area contributed by atoms with E-state index in [0.717, 1.165) is 10.0 Å². The topological polar surface area (TPSA) is 20.2 Å². The lowest BCUT2D eigenvalue weighted by Gasteiger charge is -2.15. The third-order valence-electron chi connectivity index (χ3n) is 3.25. The van der Waals surface area contributed by atoms with Gasteiger partial charge in [-0.2, -0.15) is 0 Å². The third-order valence-corrected chi connectivity index (χ3v) is 3.78. The molecule has 1 N–H and O–H groups in total. The van der Waals surface area contributed by atoms with Crippen LogP contribution in [-0.4, -0.2) is 11.7 Å². The first-order valence-corrected chi connectivity index (χ1v) is 7.17. The van der Waals surface area contributed by atoms with Gasteiger partial charge in [0.25, 0.3) is 0 Å². The summed E-state index contributed by atoms with van der Waals surface area (Å²) in [5.41, 5.74) is 1.08. The van der Waals surface area contributed by atoms with Crippen LogP contribution in [0.1, 0.15) is 11.1 Å². The van der Waals surface area contributed by atoms with E-state index in [1.54, 1.807) is 0 Å². The molecular formula is C16H15BrF2O. The summed E-state index contributed by atoms with van der Waals surface area (Å²) < 4.78 is 28.2. The van der Waals surface area contributed by atoms with Crippen LogP contribution in [0.15, 0.2) is 46.9 Å². The second kappa shape index (κ2) is 6.95. The summed E-state index contributed by atoms with van der Waals surface area (Å²) in [6.07, 6.45) is 0.766. The number of aliphatic hydroxyl groups excluding tert-OH is 1. The van der Waals surface area contributed by atoms with Gasteiger partial charge in [0.1, 0.15) is 11.6 Å². The van der Waals surface area contributed by atoms with E-state index in [9.17, 15) is 13.9 Å². The Balaban J connectivity index is 2.11. The Bertz CT molecular complexity index is 549. The van der Waals surface area contributed by atoms with Gasteiger partial charge in [-0.25, -0.2) is 8.78 Å². The van der Waals surface area contributed by atoms with Gasteiger partial charge >= 0.3 is 0 Å². The van der Waals surface area contributed by atoms with Crippen LogP contribution in [0.4, 0.5) is 8.78 Å². The predicted molar refractivity (Wildman–Crippen MR) is 78.5 cm³/mol. The van der Waals surface area contributed by atoms with E-state index in [2.05, 4.69) is 15.9 Å². The number of aliphatic hydroxyl groups is 1. The van der Waals surface area contributed by atoms with Crippen molar-refractivity contribution >= 4 is 15.9 Å². The zero-order chi connectivity index (χ0) is 14.5. The van der Waals surface area contributed by atoms with E-state index >= 15 is 0 Å². The van der Waals surface area contributed by atoms with Crippen LogP contribution in [0.25, 0.3) is 0 Å². The molecule has 2 rings (SSSR count). The summed E-state index contributed by atoms with van der Waals surface area (Å²) in [6.45, 7) is -0.107. The van der Waals surface area contributed by atoms with Crippen LogP contribution in [0.5, 0.6) is 0 Å². The molecule has 2 aromatic carbocycles. The molecule has 1 atom stereocenters. The molecule has 0 aliphatic rings. The monoisotopic (exact) mass is 340 g/mol. The Labute approximate surface area is 125 Å². The average molecular weight is 341 g/mol. The molecule has 0 aliphatic carbocycles. The van der Waals surface area contributed by atoms with Crippen molar-refractivity contribution in [3.05, 3.63) is 69.7 Å². The molecule has 0 fully saturated rings. The zero-order valence-electron chi connectivity index (χ0n) is 10.8. The zero-order valence-corrected chi connectivity index (χ0v) is 12.4. The highest BCUT2D eigenvalue weighted by Crippen LogP contribution is 2.20. The van der Waals surface area contributed by atoms with Gasteiger partial charge in [0.05, 0.1) is 0 Å². The Morgan fingerprint density at radius 3 is 2.10 bits per heavy atom. The number of hydrogen-bond donors (Lipinski definition) is 1. The van der Waals surface area contributed by atoms with Crippen LogP contribution >= 0.6 is 15.9 Å². The molecular weight excluding hydrogens is 326 g/mol. The minimum absolute atomic E-state index is 0.0451. The lowest BCUT2D eigenvalue weighted by atomic mass is 9.93. The molecule has 0 heterocycles. The molecule has 0 saturated carbocycles. The molecule has 0 spiro atoms. The predicted octanol–water partition coefficient (Wildman–Crippen LogP) is 4.12. The Hall–Kier alpha value is -1.26. The Morgan fingerprint density at radius 2 is 1.55 bits per heavy atom. The van der Waals surface area contributed by atoms with Gasteiger partial charge in [0.2, 0.25) is 0 Å². The van der Waals surface area contributed by atoms with E-state index in [1.807, 2.05) is 24.3 Å². The SMILES string of the molecule is OCC(Cc1ccc(Br)cc1)Cc1c(F)cccc1F. The molecule has 106 valence electrons. The third kappa shape index (κ3) is 3.87. The fourth-order valence-electron chi connectivity index (χ4n) is 2.17. The number of halogens is 3. The molecule has 0 radical (unpaired) electrons. The maximum atomic E-state index is 13.6. The average Bonchev–Trinajstić information content (AvgIpc) is 2.44. The van der Waals surface area contributed by atoms with Gasteiger partial charge in [0.15, 0.2) is 0 Å². The van der Waals surface area contributed by atoms with Gasteiger partial charge < -0.3 is 5.11 Å². The van der Waals surface area contributed by atoms with E-state index in [-0.39, 0.29) is 24.5 Å². The van der Waals surface area contributed by atoms with Gasteiger partial charge in [-0.05, 0) is 48.6 Å². The largest absolute Gasteiger partial charge is 0.396 e. The standard InChI is InChI=1S/C16H15BrF2O/c17-13-6-4-11(5-7-13)8-12(10-20)9-14-15(18)2-1-3-16(14)19/h1-7,12,20H,8-10H2. The second-order valence-electron chi connectivity index (χ2n) is 4.78. The lowest BCUT2D eigenvalue weighted by Crippen LogP contribution is -2.15. The normalized spacial score (nSPS) is 12.4. The highest BCUT2D eigenvalue weighted by atomic mass is 79.9. The van der Waals surface area contributed by atoms with Crippen LogP contribution in [-0.2, 0) is 12.8 Å². The first-order valence-electron chi connectivity index (χ1n) is 6.38. The van der Waals surface area contributed by atoms with Crippen LogP contribution in [0.2, 0.25) is 0 Å². The summed E-state index contributed by atoms with van der Waals surface area (Å²) in [5.74, 6) is -1.32. The summed E-state index contributed by atoms with van der Waals surface area (Å²) in [7, 11) is 0. The van der Waals surface area contributed by atoms with Crippen LogP contribution in [0, 0.1) is 17.6 Å². The molecule has 0 saturated heterocycles. The first kappa shape index (κ1) is 15.1. The van der Waals surface area contributed by atoms with Gasteiger partial charge in [-0.3, -0.25) is 0 Å². The Kier molecular flexibility index (Phi) is 5.26. The molecule has 2 aromatic rings. The van der Waals surface area contributed by atoms with E-state index in [4.69, 9.17) is 0 Å². The minimum Gasteiger partial charge on any atom is -0.396 e. The molecule has 0 aliphatic heterocycles. The van der Waals surface area contributed by atoms with Crippen molar-refractivity contribution in [1.29, 1.82) is 0 Å². The van der Waals surface area contributed by atoms with Crippen molar-refractivity contribution in [3.8, 4) is 0 Å². The fraction of sp³-hybridized carbons (Fsp3) is 0.250. The highest BCUT2D eigenvalue weighted by molar-refractivity contribution is 9.10. The highest BCUT2D eigenvalue weighted by Gasteiger charge is 2.15. The number of hydrogen-bond acceptors (Lipinski definition) is 1. The maximum absolute atomic E-state index is 13.6. The van der Waals surface area contributed by atoms with Crippen LogP contribution in [0.3, 0.4) is 0 Å². The first-order chi connectivity index (χ1) is 9.60. The number of rotatable bonds is 5. The quantitative estimate of drug-likeness (QED) is 0.867. The van der Waals surface area contributed by atoms with Gasteiger partial charge in [-0.15, -0.1) is 0 Å². The van der Waals surface area contributed by atoms with Gasteiger partial charge in [0, 0.05) is 16.6 Å². The summed E-state index contributed by atoms with van der Waals surface area (Å²) in [5, 5.41) is 9.43. The van der Waals surface area contributed by atoms with Crippen molar-refractivity contribution in [2.24, 2.45) is 5.92 Å². The van der Waals surface area contributed by atoms with Crippen molar-refractivity contribution in [1.82, 2.24) is 0 Å². The van der Waals surface area contributed by atoms with Crippen molar-refractivity contribution < 1.29 is 13.9 Å². The maximum Gasteiger partial charge on any atom is 0.129 e. The number of benzene rings is 2.